The number of rotatable bonds is 2. The highest BCUT2D eigenvalue weighted by Gasteiger charge is 2.41. The molecule has 0 radical (unpaired) electrons. The third-order valence-corrected chi connectivity index (χ3v) is 4.58. The summed E-state index contributed by atoms with van der Waals surface area (Å²) < 4.78 is 106. The molecule has 3 rings (SSSR count). The Balaban J connectivity index is 2.37. The Hall–Kier alpha value is -2.05. The van der Waals surface area contributed by atoms with Gasteiger partial charge >= 0.3 is 17.7 Å². The number of aromatic nitrogens is 3. The molecule has 15 heteroatoms. The second-order valence-corrected chi connectivity index (χ2v) is 7.12. The molecule has 4 nitrogen and oxygen atoms in total. The summed E-state index contributed by atoms with van der Waals surface area (Å²) in [5.74, 6) is -0.794. The Bertz CT molecular complexity index is 1120. The van der Waals surface area contributed by atoms with Crippen molar-refractivity contribution in [2.75, 3.05) is 5.73 Å². The highest BCUT2D eigenvalue weighted by atomic mass is 35.5. The van der Waals surface area contributed by atoms with Crippen LogP contribution in [0.5, 0.6) is 0 Å². The first kappa shape index (κ1) is 22.6. The standard InChI is InChI=1S/C15H5Cl3F8N4/c16-5-1-4(14(21,22)23)2-6(17)10(5)30-12(27)9-7(29-30)3-8(13(18,19)20)28-11(9)15(24,25)26/h1-3H,27H2. The Morgan fingerprint density at radius 1 is 0.867 bits per heavy atom. The second-order valence-electron chi connectivity index (χ2n) is 5.83. The number of nitrogen functional groups attached to an aromatic ring is 1. The molecule has 0 bridgehead atoms. The normalized spacial score (nSPS) is 13.3. The number of halogens is 11. The molecule has 162 valence electrons. The van der Waals surface area contributed by atoms with Crippen molar-refractivity contribution in [3.63, 3.8) is 0 Å². The summed E-state index contributed by atoms with van der Waals surface area (Å²) in [4.78, 5) is 2.85. The van der Waals surface area contributed by atoms with Crippen molar-refractivity contribution in [2.45, 2.75) is 17.7 Å². The summed E-state index contributed by atoms with van der Waals surface area (Å²) in [5, 5.41) is -2.81. The van der Waals surface area contributed by atoms with Crippen molar-refractivity contribution in [1.82, 2.24) is 14.8 Å². The lowest BCUT2D eigenvalue weighted by atomic mass is 10.2. The molecule has 2 aromatic heterocycles. The van der Waals surface area contributed by atoms with E-state index in [4.69, 9.17) is 40.5 Å². The molecule has 2 N–H and O–H groups in total. The van der Waals surface area contributed by atoms with Crippen LogP contribution >= 0.6 is 34.8 Å². The Labute approximate surface area is 176 Å². The monoisotopic (exact) mass is 498 g/mol. The molecular formula is C15H5Cl3F8N4. The molecule has 3 aromatic rings. The van der Waals surface area contributed by atoms with Crippen molar-refractivity contribution < 1.29 is 35.1 Å². The van der Waals surface area contributed by atoms with E-state index >= 15 is 0 Å². The fraction of sp³-hybridized carbons (Fsp3) is 0.200. The van der Waals surface area contributed by atoms with Crippen molar-refractivity contribution in [2.24, 2.45) is 0 Å². The number of anilines is 1. The molecule has 0 aliphatic heterocycles. The van der Waals surface area contributed by atoms with Gasteiger partial charge in [0.2, 0.25) is 0 Å². The Kier molecular flexibility index (Phi) is 5.27. The SMILES string of the molecule is Nc1c2c(C(F)(F)F)nc(C(F)(F)Cl)cc2nn1-c1c(Cl)cc(C(F)(F)F)cc1Cl. The molecule has 0 aliphatic rings. The zero-order chi connectivity index (χ0) is 22.8. The maximum atomic E-state index is 13.4. The van der Waals surface area contributed by atoms with Gasteiger partial charge in [-0.05, 0) is 29.8 Å². The average molecular weight is 500 g/mol. The first-order valence-corrected chi connectivity index (χ1v) is 8.55. The van der Waals surface area contributed by atoms with E-state index in [1.165, 1.54) is 0 Å². The van der Waals surface area contributed by atoms with Crippen LogP contribution in [0.4, 0.5) is 40.9 Å². The predicted molar refractivity (Wildman–Crippen MR) is 93.0 cm³/mol. The van der Waals surface area contributed by atoms with Crippen LogP contribution in [0.1, 0.15) is 17.0 Å². The van der Waals surface area contributed by atoms with Gasteiger partial charge in [0.05, 0.1) is 26.5 Å². The van der Waals surface area contributed by atoms with Gasteiger partial charge < -0.3 is 5.73 Å². The van der Waals surface area contributed by atoms with Crippen molar-refractivity contribution >= 4 is 51.5 Å². The van der Waals surface area contributed by atoms with Crippen LogP contribution < -0.4 is 5.73 Å². The molecule has 0 amide bonds. The summed E-state index contributed by atoms with van der Waals surface area (Å²) >= 11 is 16.4. The van der Waals surface area contributed by atoms with E-state index in [0.29, 0.717) is 22.9 Å². The summed E-state index contributed by atoms with van der Waals surface area (Å²) in [6.45, 7) is 0. The zero-order valence-corrected chi connectivity index (χ0v) is 16.1. The fourth-order valence-electron chi connectivity index (χ4n) is 2.58. The highest BCUT2D eigenvalue weighted by molar-refractivity contribution is 6.38. The van der Waals surface area contributed by atoms with Crippen LogP contribution in [0.3, 0.4) is 0 Å². The zero-order valence-electron chi connectivity index (χ0n) is 13.8. The smallest absolute Gasteiger partial charge is 0.383 e. The molecule has 0 saturated heterocycles. The van der Waals surface area contributed by atoms with Crippen LogP contribution in [0.25, 0.3) is 16.6 Å². The van der Waals surface area contributed by atoms with Gasteiger partial charge in [-0.3, -0.25) is 0 Å². The second kappa shape index (κ2) is 6.99. The molecule has 0 saturated carbocycles. The van der Waals surface area contributed by atoms with Gasteiger partial charge in [0.15, 0.2) is 5.69 Å². The van der Waals surface area contributed by atoms with Gasteiger partial charge in [-0.15, -0.1) is 0 Å². The van der Waals surface area contributed by atoms with E-state index in [0.717, 1.165) is 0 Å². The summed E-state index contributed by atoms with van der Waals surface area (Å²) in [7, 11) is 0. The molecule has 0 fully saturated rings. The molecular weight excluding hydrogens is 495 g/mol. The minimum Gasteiger partial charge on any atom is -0.383 e. The summed E-state index contributed by atoms with van der Waals surface area (Å²) in [6, 6.07) is 1.36. The third kappa shape index (κ3) is 3.95. The number of hydrogen-bond acceptors (Lipinski definition) is 3. The summed E-state index contributed by atoms with van der Waals surface area (Å²) in [5.41, 5.74) is -0.0332. The number of nitrogens with zero attached hydrogens (tertiary/aromatic N) is 3. The number of benzene rings is 1. The summed E-state index contributed by atoms with van der Waals surface area (Å²) in [6.07, 6.45) is -10.1. The van der Waals surface area contributed by atoms with Gasteiger partial charge in [0.25, 0.3) is 0 Å². The lowest BCUT2D eigenvalue weighted by Gasteiger charge is -2.13. The van der Waals surface area contributed by atoms with Crippen LogP contribution in [0, 0.1) is 0 Å². The van der Waals surface area contributed by atoms with Crippen molar-refractivity contribution in [3.05, 3.63) is 45.2 Å². The van der Waals surface area contributed by atoms with E-state index in [2.05, 4.69) is 10.1 Å². The van der Waals surface area contributed by atoms with E-state index in [1.54, 1.807) is 0 Å². The fourth-order valence-corrected chi connectivity index (χ4v) is 3.33. The van der Waals surface area contributed by atoms with Crippen LogP contribution in [-0.2, 0) is 17.7 Å². The number of pyridine rings is 1. The lowest BCUT2D eigenvalue weighted by Crippen LogP contribution is -2.15. The quantitative estimate of drug-likeness (QED) is 0.318. The Morgan fingerprint density at radius 3 is 1.83 bits per heavy atom. The molecule has 0 spiro atoms. The molecule has 0 atom stereocenters. The van der Waals surface area contributed by atoms with E-state index in [1.807, 2.05) is 0 Å². The molecule has 0 unspecified atom stereocenters. The van der Waals surface area contributed by atoms with Gasteiger partial charge in [-0.2, -0.15) is 40.2 Å². The van der Waals surface area contributed by atoms with E-state index in [9.17, 15) is 35.1 Å². The van der Waals surface area contributed by atoms with Crippen molar-refractivity contribution in [3.8, 4) is 5.69 Å². The van der Waals surface area contributed by atoms with Gasteiger partial charge in [0, 0.05) is 0 Å². The van der Waals surface area contributed by atoms with Crippen LogP contribution in [0.15, 0.2) is 18.2 Å². The molecule has 30 heavy (non-hydrogen) atoms. The maximum absolute atomic E-state index is 13.4. The average Bonchev–Trinajstić information content (AvgIpc) is 2.87. The largest absolute Gasteiger partial charge is 0.434 e. The number of nitrogens with two attached hydrogens (primary N) is 1. The molecule has 1 aromatic carbocycles. The first-order valence-electron chi connectivity index (χ1n) is 7.42. The highest BCUT2D eigenvalue weighted by Crippen LogP contribution is 2.43. The first-order chi connectivity index (χ1) is 13.5. The number of alkyl halides is 9. The van der Waals surface area contributed by atoms with Gasteiger partial charge in [-0.1, -0.05) is 23.2 Å². The van der Waals surface area contributed by atoms with E-state index < -0.39 is 67.1 Å². The Morgan fingerprint density at radius 2 is 1.40 bits per heavy atom. The minimum absolute atomic E-state index is 0.454. The minimum atomic E-state index is -5.24. The topological polar surface area (TPSA) is 56.7 Å². The lowest BCUT2D eigenvalue weighted by molar-refractivity contribution is -0.140. The van der Waals surface area contributed by atoms with Gasteiger partial charge in [0.1, 0.15) is 17.2 Å². The third-order valence-electron chi connectivity index (χ3n) is 3.81. The predicted octanol–water partition coefficient (Wildman–Crippen LogP) is 6.64. The molecule has 2 heterocycles. The van der Waals surface area contributed by atoms with E-state index in [-0.39, 0.29) is 0 Å². The van der Waals surface area contributed by atoms with Crippen LogP contribution in [0.2, 0.25) is 10.0 Å². The van der Waals surface area contributed by atoms with Crippen molar-refractivity contribution in [1.29, 1.82) is 0 Å². The number of hydrogen-bond donors (Lipinski definition) is 1. The number of fused-ring (bicyclic) bond motifs is 1. The van der Waals surface area contributed by atoms with Crippen LogP contribution in [-0.4, -0.2) is 14.8 Å². The maximum Gasteiger partial charge on any atom is 0.434 e. The van der Waals surface area contributed by atoms with Gasteiger partial charge in [-0.25, -0.2) is 9.67 Å². The molecule has 0 aliphatic carbocycles.